The summed E-state index contributed by atoms with van der Waals surface area (Å²) in [5.41, 5.74) is 3.99. The molecule has 0 radical (unpaired) electrons. The molecule has 0 saturated carbocycles. The quantitative estimate of drug-likeness (QED) is 0.693. The van der Waals surface area contributed by atoms with E-state index in [0.29, 0.717) is 10.7 Å². The van der Waals surface area contributed by atoms with Gasteiger partial charge >= 0.3 is 0 Å². The second-order valence-electron chi connectivity index (χ2n) is 7.44. The maximum absolute atomic E-state index is 13.1. The average Bonchev–Trinajstić information content (AvgIpc) is 3.06. The van der Waals surface area contributed by atoms with Gasteiger partial charge in [-0.05, 0) is 37.6 Å². The number of piperidine rings is 1. The maximum Gasteiger partial charge on any atom is 0.270 e. The molecule has 1 aliphatic rings. The number of rotatable bonds is 4. The number of halogens is 1. The molecule has 0 bridgehead atoms. The Bertz CT molecular complexity index is 998. The van der Waals surface area contributed by atoms with Crippen LogP contribution in [0.3, 0.4) is 0 Å². The minimum Gasteiger partial charge on any atom is -0.346 e. The molecule has 3 heterocycles. The number of carbonyl (C=O) groups is 1. The van der Waals surface area contributed by atoms with E-state index in [9.17, 15) is 4.79 Å². The van der Waals surface area contributed by atoms with E-state index in [1.165, 1.54) is 5.56 Å². The molecular formula is C22H24ClN5O. The van der Waals surface area contributed by atoms with Crippen molar-refractivity contribution in [2.75, 3.05) is 13.1 Å². The summed E-state index contributed by atoms with van der Waals surface area (Å²) in [7, 11) is 1.83. The molecule has 2 aromatic heterocycles. The lowest BCUT2D eigenvalue weighted by Crippen LogP contribution is -2.50. The Morgan fingerprint density at radius 1 is 1.28 bits per heavy atom. The third-order valence-electron chi connectivity index (χ3n) is 5.38. The zero-order valence-electron chi connectivity index (χ0n) is 16.5. The van der Waals surface area contributed by atoms with Gasteiger partial charge in [-0.25, -0.2) is 4.98 Å². The largest absolute Gasteiger partial charge is 0.346 e. The van der Waals surface area contributed by atoms with E-state index in [0.717, 1.165) is 36.5 Å². The molecule has 2 atom stereocenters. The summed E-state index contributed by atoms with van der Waals surface area (Å²) < 4.78 is 1.70. The van der Waals surface area contributed by atoms with E-state index < -0.39 is 0 Å². The van der Waals surface area contributed by atoms with Crippen molar-refractivity contribution in [3.05, 3.63) is 70.6 Å². The van der Waals surface area contributed by atoms with Gasteiger partial charge in [-0.1, -0.05) is 41.9 Å². The highest BCUT2D eigenvalue weighted by atomic mass is 35.5. The van der Waals surface area contributed by atoms with E-state index in [1.54, 1.807) is 16.9 Å². The van der Waals surface area contributed by atoms with E-state index in [1.807, 2.05) is 38.2 Å². The van der Waals surface area contributed by atoms with Crippen LogP contribution in [0.15, 0.2) is 48.7 Å². The number of amides is 1. The molecular weight excluding hydrogens is 386 g/mol. The second-order valence-corrected chi connectivity index (χ2v) is 7.84. The lowest BCUT2D eigenvalue weighted by Gasteiger charge is -2.33. The molecule has 6 nitrogen and oxygen atoms in total. The number of hydrogen-bond donors (Lipinski definition) is 2. The number of nitrogens with zero attached hydrogens (tertiary/aromatic N) is 3. The highest BCUT2D eigenvalue weighted by Gasteiger charge is 2.28. The summed E-state index contributed by atoms with van der Waals surface area (Å²) in [4.78, 5) is 17.5. The number of carbonyl (C=O) groups excluding carboxylic acids is 1. The summed E-state index contributed by atoms with van der Waals surface area (Å²) in [5, 5.41) is 11.3. The fourth-order valence-electron chi connectivity index (χ4n) is 4.01. The van der Waals surface area contributed by atoms with Crippen LogP contribution in [0.25, 0.3) is 11.3 Å². The minimum atomic E-state index is -0.178. The summed E-state index contributed by atoms with van der Waals surface area (Å²) in [6.45, 7) is 3.55. The Balaban J connectivity index is 1.59. The molecule has 2 N–H and O–H groups in total. The first-order valence-corrected chi connectivity index (χ1v) is 10.1. The van der Waals surface area contributed by atoms with Crippen LogP contribution < -0.4 is 10.6 Å². The average molecular weight is 410 g/mol. The molecule has 1 fully saturated rings. The number of aryl methyl sites for hydroxylation is 2. The first-order chi connectivity index (χ1) is 14.0. The molecule has 1 amide bonds. The van der Waals surface area contributed by atoms with Crippen LogP contribution >= 0.6 is 11.6 Å². The predicted molar refractivity (Wildman–Crippen MR) is 114 cm³/mol. The Morgan fingerprint density at radius 3 is 2.79 bits per heavy atom. The summed E-state index contributed by atoms with van der Waals surface area (Å²) in [6.07, 6.45) is 2.58. The Labute approximate surface area is 175 Å². The molecule has 0 aliphatic carbocycles. The molecule has 0 unspecified atom stereocenters. The molecule has 7 heteroatoms. The number of nitrogens with one attached hydrogen (secondary N) is 2. The van der Waals surface area contributed by atoms with Gasteiger partial charge in [0.05, 0.1) is 16.9 Å². The highest BCUT2D eigenvalue weighted by Crippen LogP contribution is 2.29. The van der Waals surface area contributed by atoms with Crippen LogP contribution in [0.4, 0.5) is 0 Å². The number of benzene rings is 1. The van der Waals surface area contributed by atoms with E-state index >= 15 is 0 Å². The predicted octanol–water partition coefficient (Wildman–Crippen LogP) is 3.32. The van der Waals surface area contributed by atoms with Gasteiger partial charge < -0.3 is 10.6 Å². The minimum absolute atomic E-state index is 0.00435. The van der Waals surface area contributed by atoms with Crippen molar-refractivity contribution >= 4 is 17.5 Å². The van der Waals surface area contributed by atoms with Crippen molar-refractivity contribution in [3.8, 4) is 11.3 Å². The molecule has 29 heavy (non-hydrogen) atoms. The van der Waals surface area contributed by atoms with E-state index in [2.05, 4.69) is 32.8 Å². The van der Waals surface area contributed by atoms with Gasteiger partial charge in [0.2, 0.25) is 0 Å². The zero-order valence-corrected chi connectivity index (χ0v) is 17.3. The standard InChI is InChI=1S/C22H24ClN5O/c1-14-10-16(21-18(23)12-25-28(21)2)11-19(26-14)22(29)27-20-13-24-9-8-17(20)15-6-4-3-5-7-15/h3-7,10-12,17,20,24H,8-9,13H2,1-2H3,(H,27,29)/t17-,20+/m1/s1. The Kier molecular flexibility index (Phi) is 5.65. The SMILES string of the molecule is Cc1cc(-c2c(Cl)cnn2C)cc(C(=O)N[C@H]2CNCC[C@@H]2c2ccccc2)n1. The molecule has 0 spiro atoms. The van der Waals surface area contributed by atoms with E-state index in [-0.39, 0.29) is 17.9 Å². The smallest absolute Gasteiger partial charge is 0.270 e. The van der Waals surface area contributed by atoms with Crippen molar-refractivity contribution in [1.82, 2.24) is 25.4 Å². The van der Waals surface area contributed by atoms with Gasteiger partial charge in [0.25, 0.3) is 5.91 Å². The van der Waals surface area contributed by atoms with Crippen molar-refractivity contribution in [2.24, 2.45) is 7.05 Å². The lowest BCUT2D eigenvalue weighted by atomic mass is 9.86. The Hall–Kier alpha value is -2.70. The van der Waals surface area contributed by atoms with Gasteiger partial charge in [0.1, 0.15) is 5.69 Å². The molecule has 1 saturated heterocycles. The molecule has 1 aromatic carbocycles. The number of hydrogen-bond acceptors (Lipinski definition) is 4. The van der Waals surface area contributed by atoms with Gasteiger partial charge in [0, 0.05) is 36.8 Å². The molecule has 150 valence electrons. The summed E-state index contributed by atoms with van der Waals surface area (Å²) in [6, 6.07) is 14.0. The van der Waals surface area contributed by atoms with Crippen LogP contribution in [0.2, 0.25) is 5.02 Å². The third kappa shape index (κ3) is 4.18. The van der Waals surface area contributed by atoms with Crippen molar-refractivity contribution in [1.29, 1.82) is 0 Å². The van der Waals surface area contributed by atoms with Crippen LogP contribution in [0.1, 0.15) is 34.1 Å². The van der Waals surface area contributed by atoms with Crippen molar-refractivity contribution in [3.63, 3.8) is 0 Å². The fourth-order valence-corrected chi connectivity index (χ4v) is 4.28. The molecule has 4 rings (SSSR count). The first-order valence-electron chi connectivity index (χ1n) is 9.76. The van der Waals surface area contributed by atoms with Crippen LogP contribution in [0, 0.1) is 6.92 Å². The second kappa shape index (κ2) is 8.35. The molecule has 3 aromatic rings. The number of aromatic nitrogens is 3. The van der Waals surface area contributed by atoms with Gasteiger partial charge in [-0.2, -0.15) is 5.10 Å². The summed E-state index contributed by atoms with van der Waals surface area (Å²) >= 11 is 6.29. The van der Waals surface area contributed by atoms with Crippen molar-refractivity contribution in [2.45, 2.75) is 25.3 Å². The van der Waals surface area contributed by atoms with Crippen LogP contribution in [-0.4, -0.2) is 39.8 Å². The third-order valence-corrected chi connectivity index (χ3v) is 5.66. The lowest BCUT2D eigenvalue weighted by molar-refractivity contribution is 0.0919. The number of pyridine rings is 1. The van der Waals surface area contributed by atoms with Gasteiger partial charge in [-0.15, -0.1) is 0 Å². The first kappa shape index (κ1) is 19.6. The topological polar surface area (TPSA) is 71.8 Å². The normalized spacial score (nSPS) is 19.1. The monoisotopic (exact) mass is 409 g/mol. The highest BCUT2D eigenvalue weighted by molar-refractivity contribution is 6.33. The maximum atomic E-state index is 13.1. The fraction of sp³-hybridized carbons (Fsp3) is 0.318. The van der Waals surface area contributed by atoms with Crippen LogP contribution in [0.5, 0.6) is 0 Å². The van der Waals surface area contributed by atoms with Gasteiger partial charge in [-0.3, -0.25) is 9.48 Å². The van der Waals surface area contributed by atoms with Gasteiger partial charge in [0.15, 0.2) is 0 Å². The Morgan fingerprint density at radius 2 is 2.07 bits per heavy atom. The zero-order chi connectivity index (χ0) is 20.4. The summed E-state index contributed by atoms with van der Waals surface area (Å²) in [5.74, 6) is 0.0973. The van der Waals surface area contributed by atoms with E-state index in [4.69, 9.17) is 11.6 Å². The van der Waals surface area contributed by atoms with Crippen LogP contribution in [-0.2, 0) is 7.05 Å². The van der Waals surface area contributed by atoms with Crippen molar-refractivity contribution < 1.29 is 4.79 Å². The molecule has 1 aliphatic heterocycles.